The summed E-state index contributed by atoms with van der Waals surface area (Å²) in [6, 6.07) is 7.24. The van der Waals surface area contributed by atoms with Gasteiger partial charge in [-0.2, -0.15) is 0 Å². The van der Waals surface area contributed by atoms with E-state index in [0.29, 0.717) is 35.4 Å². The molecule has 2 aromatic heterocycles. The van der Waals surface area contributed by atoms with Gasteiger partial charge in [0.2, 0.25) is 0 Å². The Labute approximate surface area is 150 Å². The van der Waals surface area contributed by atoms with E-state index in [4.69, 9.17) is 13.6 Å². The van der Waals surface area contributed by atoms with Gasteiger partial charge in [0.05, 0.1) is 31.1 Å². The van der Waals surface area contributed by atoms with Crippen molar-refractivity contribution in [3.8, 4) is 0 Å². The summed E-state index contributed by atoms with van der Waals surface area (Å²) < 4.78 is 16.0. The molecule has 0 spiro atoms. The highest BCUT2D eigenvalue weighted by molar-refractivity contribution is 6.04. The van der Waals surface area contributed by atoms with Crippen molar-refractivity contribution in [1.82, 2.24) is 5.32 Å². The summed E-state index contributed by atoms with van der Waals surface area (Å²) in [5.74, 6) is 0.289. The number of methoxy groups -OCH3 is 1. The number of ketones is 1. The topological polar surface area (TPSA) is 81.7 Å². The van der Waals surface area contributed by atoms with Crippen LogP contribution < -0.4 is 5.32 Å². The first-order valence-electron chi connectivity index (χ1n) is 8.49. The van der Waals surface area contributed by atoms with Gasteiger partial charge < -0.3 is 18.9 Å². The lowest BCUT2D eigenvalue weighted by Gasteiger charge is -2.35. The number of hydrogen-bond donors (Lipinski definition) is 1. The number of esters is 1. The van der Waals surface area contributed by atoms with Crippen molar-refractivity contribution in [2.75, 3.05) is 7.11 Å². The van der Waals surface area contributed by atoms with Gasteiger partial charge in [0, 0.05) is 29.3 Å². The Bertz CT molecular complexity index is 902. The van der Waals surface area contributed by atoms with Crippen LogP contribution in [0.15, 0.2) is 68.2 Å². The molecule has 0 aromatic carbocycles. The molecule has 1 aliphatic carbocycles. The Kier molecular flexibility index (Phi) is 4.03. The van der Waals surface area contributed by atoms with Gasteiger partial charge in [-0.15, -0.1) is 0 Å². The molecule has 2 aliphatic rings. The van der Waals surface area contributed by atoms with Crippen molar-refractivity contribution in [1.29, 1.82) is 0 Å². The van der Waals surface area contributed by atoms with E-state index in [0.717, 1.165) is 11.5 Å². The fourth-order valence-electron chi connectivity index (χ4n) is 3.88. The zero-order chi connectivity index (χ0) is 18.3. The highest BCUT2D eigenvalue weighted by Gasteiger charge is 2.42. The first kappa shape index (κ1) is 16.4. The molecule has 0 radical (unpaired) electrons. The molecule has 3 heterocycles. The molecule has 0 saturated carbocycles. The van der Waals surface area contributed by atoms with Crippen LogP contribution in [-0.2, 0) is 14.3 Å². The normalized spacial score (nSPS) is 22.9. The number of carbonyl (C=O) groups excluding carboxylic acids is 2. The van der Waals surface area contributed by atoms with Crippen molar-refractivity contribution in [2.24, 2.45) is 0 Å². The molecule has 0 bridgehead atoms. The summed E-state index contributed by atoms with van der Waals surface area (Å²) in [6.45, 7) is 1.81. The van der Waals surface area contributed by atoms with Crippen molar-refractivity contribution in [3.63, 3.8) is 0 Å². The minimum absolute atomic E-state index is 0.0181. The molecular formula is C20H19NO5. The standard InChI is InChI=1S/C20H19NO5/c1-11-17(20(23)24-2)19(16-6-4-8-26-16)18-13(21-11)9-12(10-14(18)22)15-5-3-7-25-15/h3-8,12,19,21H,9-10H2,1-2H3/t12-,19+/m1/s1. The van der Waals surface area contributed by atoms with Crippen LogP contribution in [0.5, 0.6) is 0 Å². The predicted molar refractivity (Wildman–Crippen MR) is 92.0 cm³/mol. The van der Waals surface area contributed by atoms with Gasteiger partial charge in [0.1, 0.15) is 11.5 Å². The predicted octanol–water partition coefficient (Wildman–Crippen LogP) is 3.41. The van der Waals surface area contributed by atoms with Crippen LogP contribution in [0.2, 0.25) is 0 Å². The van der Waals surface area contributed by atoms with Gasteiger partial charge in [-0.1, -0.05) is 0 Å². The number of dihydropyridines is 1. The van der Waals surface area contributed by atoms with Crippen LogP contribution >= 0.6 is 0 Å². The molecule has 4 rings (SSSR count). The second-order valence-electron chi connectivity index (χ2n) is 6.54. The third-order valence-corrected chi connectivity index (χ3v) is 5.01. The first-order chi connectivity index (χ1) is 12.6. The maximum absolute atomic E-state index is 13.0. The fraction of sp³-hybridized carbons (Fsp3) is 0.300. The SMILES string of the molecule is COC(=O)C1=C(C)NC2=C(C(=O)C[C@H](c3ccco3)C2)[C@H]1c1ccco1. The summed E-state index contributed by atoms with van der Waals surface area (Å²) in [5, 5.41) is 3.25. The molecular weight excluding hydrogens is 334 g/mol. The van der Waals surface area contributed by atoms with Gasteiger partial charge in [0.15, 0.2) is 5.78 Å². The second kappa shape index (κ2) is 6.37. The highest BCUT2D eigenvalue weighted by Crippen LogP contribution is 2.45. The molecule has 2 aromatic rings. The number of hydrogen-bond acceptors (Lipinski definition) is 6. The number of carbonyl (C=O) groups is 2. The molecule has 0 fully saturated rings. The van der Waals surface area contributed by atoms with E-state index in [1.807, 2.05) is 19.1 Å². The quantitative estimate of drug-likeness (QED) is 0.852. The van der Waals surface area contributed by atoms with E-state index in [-0.39, 0.29) is 11.7 Å². The van der Waals surface area contributed by atoms with Crippen LogP contribution in [-0.4, -0.2) is 18.9 Å². The van der Waals surface area contributed by atoms with Crippen molar-refractivity contribution >= 4 is 11.8 Å². The van der Waals surface area contributed by atoms with E-state index in [1.165, 1.54) is 7.11 Å². The van der Waals surface area contributed by atoms with Crippen LogP contribution in [0.1, 0.15) is 43.1 Å². The maximum atomic E-state index is 13.0. The Balaban J connectivity index is 1.80. The lowest BCUT2D eigenvalue weighted by molar-refractivity contribution is -0.136. The lowest BCUT2D eigenvalue weighted by Crippen LogP contribution is -2.35. The summed E-state index contributed by atoms with van der Waals surface area (Å²) >= 11 is 0. The fourth-order valence-corrected chi connectivity index (χ4v) is 3.88. The van der Waals surface area contributed by atoms with Crippen LogP contribution in [0.4, 0.5) is 0 Å². The summed E-state index contributed by atoms with van der Waals surface area (Å²) in [4.78, 5) is 25.5. The number of furan rings is 2. The van der Waals surface area contributed by atoms with Crippen molar-refractivity contribution in [2.45, 2.75) is 31.6 Å². The number of nitrogens with one attached hydrogen (secondary N) is 1. The molecule has 0 saturated heterocycles. The Morgan fingerprint density at radius 2 is 1.85 bits per heavy atom. The molecule has 134 valence electrons. The van der Waals surface area contributed by atoms with E-state index in [9.17, 15) is 9.59 Å². The largest absolute Gasteiger partial charge is 0.469 e. The highest BCUT2D eigenvalue weighted by atomic mass is 16.5. The second-order valence-corrected chi connectivity index (χ2v) is 6.54. The average Bonchev–Trinajstić information content (AvgIpc) is 3.33. The van der Waals surface area contributed by atoms with E-state index >= 15 is 0 Å². The average molecular weight is 353 g/mol. The molecule has 1 N–H and O–H groups in total. The first-order valence-corrected chi connectivity index (χ1v) is 8.49. The monoisotopic (exact) mass is 353 g/mol. The molecule has 1 aliphatic heterocycles. The molecule has 6 heteroatoms. The third kappa shape index (κ3) is 2.58. The van der Waals surface area contributed by atoms with Gasteiger partial charge in [-0.3, -0.25) is 4.79 Å². The number of allylic oxidation sites excluding steroid dienone is 3. The van der Waals surface area contributed by atoms with Gasteiger partial charge in [-0.05, 0) is 37.6 Å². The minimum atomic E-state index is -0.557. The molecule has 0 unspecified atom stereocenters. The third-order valence-electron chi connectivity index (χ3n) is 5.01. The lowest BCUT2D eigenvalue weighted by atomic mass is 9.74. The van der Waals surface area contributed by atoms with E-state index in [1.54, 1.807) is 24.7 Å². The Morgan fingerprint density at radius 3 is 2.46 bits per heavy atom. The Morgan fingerprint density at radius 1 is 1.15 bits per heavy atom. The van der Waals surface area contributed by atoms with Crippen molar-refractivity contribution < 1.29 is 23.2 Å². The zero-order valence-electron chi connectivity index (χ0n) is 14.6. The number of rotatable bonds is 3. The molecule has 26 heavy (non-hydrogen) atoms. The number of Topliss-reactive ketones (excluding diaryl/α,β-unsaturated/α-hetero) is 1. The summed E-state index contributed by atoms with van der Waals surface area (Å²) in [7, 11) is 1.33. The van der Waals surface area contributed by atoms with Crippen LogP contribution in [0.25, 0.3) is 0 Å². The summed E-state index contributed by atoms with van der Waals surface area (Å²) in [5.41, 5.74) is 2.47. The zero-order valence-corrected chi connectivity index (χ0v) is 14.6. The number of ether oxygens (including phenoxy) is 1. The molecule has 6 nitrogen and oxygen atoms in total. The molecule has 2 atom stereocenters. The van der Waals surface area contributed by atoms with Crippen LogP contribution in [0.3, 0.4) is 0 Å². The van der Waals surface area contributed by atoms with Gasteiger partial charge >= 0.3 is 5.97 Å². The maximum Gasteiger partial charge on any atom is 0.336 e. The van der Waals surface area contributed by atoms with E-state index in [2.05, 4.69) is 5.32 Å². The minimum Gasteiger partial charge on any atom is -0.469 e. The van der Waals surface area contributed by atoms with Crippen LogP contribution in [0, 0.1) is 0 Å². The smallest absolute Gasteiger partial charge is 0.336 e. The van der Waals surface area contributed by atoms with Gasteiger partial charge in [0.25, 0.3) is 0 Å². The van der Waals surface area contributed by atoms with E-state index < -0.39 is 11.9 Å². The Hall–Kier alpha value is -3.02. The summed E-state index contributed by atoms with van der Waals surface area (Å²) in [6.07, 6.45) is 4.13. The van der Waals surface area contributed by atoms with Crippen molar-refractivity contribution in [3.05, 3.63) is 70.9 Å². The van der Waals surface area contributed by atoms with Gasteiger partial charge in [-0.25, -0.2) is 4.79 Å². The molecule has 0 amide bonds.